The summed E-state index contributed by atoms with van der Waals surface area (Å²) in [5.74, 6) is -0.472. The van der Waals surface area contributed by atoms with Gasteiger partial charge in [-0.25, -0.2) is 0 Å². The zero-order valence-electron chi connectivity index (χ0n) is 11.3. The number of hydrogen-bond donors (Lipinski definition) is 2. The molecule has 2 N–H and O–H groups in total. The van der Waals surface area contributed by atoms with E-state index in [0.717, 1.165) is 41.7 Å². The molecule has 1 aliphatic carbocycles. The van der Waals surface area contributed by atoms with Gasteiger partial charge in [0.25, 0.3) is 5.91 Å². The number of fused-ring (bicyclic) bond motifs is 3. The fourth-order valence-electron chi connectivity index (χ4n) is 3.82. The highest BCUT2D eigenvalue weighted by molar-refractivity contribution is 7.80. The number of nitrogens with zero attached hydrogens (tertiary/aromatic N) is 1. The second-order valence-corrected chi connectivity index (χ2v) is 6.10. The number of rotatable bonds is 0. The molecule has 0 unspecified atom stereocenters. The summed E-state index contributed by atoms with van der Waals surface area (Å²) in [7, 11) is 0. The first kappa shape index (κ1) is 12.5. The molecule has 2 heterocycles. The monoisotopic (exact) mass is 295 g/mol. The van der Waals surface area contributed by atoms with E-state index in [1.54, 1.807) is 0 Å². The van der Waals surface area contributed by atoms with Gasteiger partial charge in [-0.2, -0.15) is 5.26 Å². The second kappa shape index (κ2) is 4.15. The molecule has 0 saturated carbocycles. The van der Waals surface area contributed by atoms with Crippen LogP contribution in [0.3, 0.4) is 0 Å². The summed E-state index contributed by atoms with van der Waals surface area (Å²) < 4.78 is 0. The first-order valence-corrected chi connectivity index (χ1v) is 7.44. The van der Waals surface area contributed by atoms with Crippen molar-refractivity contribution < 1.29 is 4.79 Å². The smallest absolute Gasteiger partial charge is 0.259 e. The molecule has 3 aliphatic rings. The van der Waals surface area contributed by atoms with Crippen molar-refractivity contribution in [1.82, 2.24) is 5.32 Å². The van der Waals surface area contributed by atoms with Gasteiger partial charge in [-0.3, -0.25) is 4.79 Å². The largest absolute Gasteiger partial charge is 0.357 e. The van der Waals surface area contributed by atoms with E-state index in [2.05, 4.69) is 16.7 Å². The lowest BCUT2D eigenvalue weighted by atomic mass is 9.76. The van der Waals surface area contributed by atoms with Crippen LogP contribution in [0.15, 0.2) is 35.4 Å². The number of carbonyl (C=O) groups is 1. The average molecular weight is 295 g/mol. The lowest BCUT2D eigenvalue weighted by Gasteiger charge is -2.38. The quantitative estimate of drug-likeness (QED) is 0.570. The van der Waals surface area contributed by atoms with Gasteiger partial charge in [0.15, 0.2) is 5.54 Å². The van der Waals surface area contributed by atoms with Crippen LogP contribution in [0.25, 0.3) is 0 Å². The molecule has 1 aromatic rings. The molecule has 0 radical (unpaired) electrons. The number of nitrogens with one attached hydrogen (secondary N) is 2. The van der Waals surface area contributed by atoms with Crippen LogP contribution in [0.2, 0.25) is 0 Å². The van der Waals surface area contributed by atoms with Crippen molar-refractivity contribution >= 4 is 28.8 Å². The predicted octanol–water partition coefficient (Wildman–Crippen LogP) is 2.38. The Balaban J connectivity index is 2.01. The topological polar surface area (TPSA) is 64.9 Å². The van der Waals surface area contributed by atoms with Crippen molar-refractivity contribution in [3.05, 3.63) is 41.0 Å². The Bertz CT molecular complexity index is 761. The van der Waals surface area contributed by atoms with Crippen LogP contribution in [0.4, 0.5) is 5.69 Å². The van der Waals surface area contributed by atoms with E-state index in [1.165, 1.54) is 0 Å². The molecular formula is C16H13N3OS. The molecule has 0 fully saturated rings. The Labute approximate surface area is 127 Å². The lowest BCUT2D eigenvalue weighted by molar-refractivity contribution is -0.120. The third-order valence-corrected chi connectivity index (χ3v) is 5.02. The summed E-state index contributed by atoms with van der Waals surface area (Å²) in [6.07, 6.45) is 2.67. The van der Waals surface area contributed by atoms with E-state index in [9.17, 15) is 10.1 Å². The molecule has 0 bridgehead atoms. The van der Waals surface area contributed by atoms with E-state index in [1.807, 2.05) is 24.3 Å². The lowest BCUT2D eigenvalue weighted by Crippen LogP contribution is -2.56. The molecule has 5 heteroatoms. The molecule has 21 heavy (non-hydrogen) atoms. The van der Waals surface area contributed by atoms with E-state index in [-0.39, 0.29) is 11.8 Å². The molecule has 4 rings (SSSR count). The highest BCUT2D eigenvalue weighted by Gasteiger charge is 2.55. The maximum absolute atomic E-state index is 12.7. The van der Waals surface area contributed by atoms with E-state index in [0.29, 0.717) is 4.99 Å². The van der Waals surface area contributed by atoms with Gasteiger partial charge in [-0.1, -0.05) is 30.4 Å². The first-order chi connectivity index (χ1) is 10.2. The third-order valence-electron chi connectivity index (χ3n) is 4.68. The maximum atomic E-state index is 12.7. The molecule has 1 amide bonds. The van der Waals surface area contributed by atoms with Crippen LogP contribution in [-0.4, -0.2) is 10.9 Å². The number of carbonyl (C=O) groups excluding carboxylic acids is 1. The Hall–Kier alpha value is -2.19. The minimum atomic E-state index is -0.896. The summed E-state index contributed by atoms with van der Waals surface area (Å²) in [4.78, 5) is 13.2. The third kappa shape index (κ3) is 1.43. The van der Waals surface area contributed by atoms with Gasteiger partial charge in [0, 0.05) is 11.3 Å². The van der Waals surface area contributed by atoms with Crippen LogP contribution in [0, 0.1) is 17.2 Å². The fraction of sp³-hybridized carbons (Fsp3) is 0.312. The van der Waals surface area contributed by atoms with Crippen molar-refractivity contribution in [3.8, 4) is 6.07 Å². The second-order valence-electron chi connectivity index (χ2n) is 5.66. The fourth-order valence-corrected chi connectivity index (χ4v) is 4.17. The number of amides is 1. The van der Waals surface area contributed by atoms with Crippen LogP contribution < -0.4 is 10.6 Å². The Kier molecular flexibility index (Phi) is 2.48. The van der Waals surface area contributed by atoms with Gasteiger partial charge in [-0.05, 0) is 36.5 Å². The van der Waals surface area contributed by atoms with Gasteiger partial charge in [0.1, 0.15) is 5.92 Å². The van der Waals surface area contributed by atoms with Crippen molar-refractivity contribution in [2.75, 3.05) is 5.32 Å². The standard InChI is InChI=1S/C16H13N3OS/c17-8-10-9-4-3-6-11(9)16(19-14(10)21)12-5-1-2-7-13(12)18-15(16)20/h1-2,5,7,10H,3-4,6H2,(H,18,20)(H,19,21)/t10-,16-/m0/s1. The normalized spacial score (nSPS) is 29.8. The molecule has 2 aliphatic heterocycles. The maximum Gasteiger partial charge on any atom is 0.259 e. The zero-order valence-corrected chi connectivity index (χ0v) is 12.1. The van der Waals surface area contributed by atoms with E-state index >= 15 is 0 Å². The number of thiocarbonyl (C=S) groups is 1. The van der Waals surface area contributed by atoms with Gasteiger partial charge < -0.3 is 10.6 Å². The van der Waals surface area contributed by atoms with Crippen LogP contribution in [0.1, 0.15) is 24.8 Å². The number of benzene rings is 1. The molecule has 4 nitrogen and oxygen atoms in total. The summed E-state index contributed by atoms with van der Waals surface area (Å²) in [5.41, 5.74) is 2.95. The van der Waals surface area contributed by atoms with Crippen LogP contribution >= 0.6 is 12.2 Å². The summed E-state index contributed by atoms with van der Waals surface area (Å²) in [5, 5.41) is 15.5. The number of nitriles is 1. The van der Waals surface area contributed by atoms with Gasteiger partial charge in [0.2, 0.25) is 0 Å². The molecule has 104 valence electrons. The summed E-state index contributed by atoms with van der Waals surface area (Å²) >= 11 is 5.39. The van der Waals surface area contributed by atoms with Crippen LogP contribution in [-0.2, 0) is 10.3 Å². The average Bonchev–Trinajstić information content (AvgIpc) is 3.05. The Morgan fingerprint density at radius 3 is 2.95 bits per heavy atom. The number of anilines is 1. The Morgan fingerprint density at radius 1 is 1.33 bits per heavy atom. The Morgan fingerprint density at radius 2 is 2.14 bits per heavy atom. The minimum Gasteiger partial charge on any atom is -0.357 e. The molecule has 2 atom stereocenters. The predicted molar refractivity (Wildman–Crippen MR) is 82.5 cm³/mol. The molecule has 0 aromatic heterocycles. The van der Waals surface area contributed by atoms with Gasteiger partial charge >= 0.3 is 0 Å². The summed E-state index contributed by atoms with van der Waals surface area (Å²) in [6, 6.07) is 9.97. The highest BCUT2D eigenvalue weighted by Crippen LogP contribution is 2.50. The van der Waals surface area contributed by atoms with Crippen LogP contribution in [0.5, 0.6) is 0 Å². The van der Waals surface area contributed by atoms with Crippen molar-refractivity contribution in [1.29, 1.82) is 5.26 Å². The van der Waals surface area contributed by atoms with Crippen molar-refractivity contribution in [2.24, 2.45) is 5.92 Å². The highest BCUT2D eigenvalue weighted by atomic mass is 32.1. The molecule has 1 spiro atoms. The summed E-state index contributed by atoms with van der Waals surface area (Å²) in [6.45, 7) is 0. The number of para-hydroxylation sites is 1. The van der Waals surface area contributed by atoms with E-state index < -0.39 is 5.54 Å². The zero-order chi connectivity index (χ0) is 14.6. The number of hydrogen-bond acceptors (Lipinski definition) is 3. The van der Waals surface area contributed by atoms with Crippen molar-refractivity contribution in [2.45, 2.75) is 24.8 Å². The van der Waals surface area contributed by atoms with Gasteiger partial charge in [-0.15, -0.1) is 0 Å². The first-order valence-electron chi connectivity index (χ1n) is 7.03. The van der Waals surface area contributed by atoms with E-state index in [4.69, 9.17) is 12.2 Å². The minimum absolute atomic E-state index is 0.0863. The molecular weight excluding hydrogens is 282 g/mol. The molecule has 1 aromatic carbocycles. The van der Waals surface area contributed by atoms with Crippen molar-refractivity contribution in [3.63, 3.8) is 0 Å². The SMILES string of the molecule is N#C[C@@H]1C(=S)N[C@@]2(C(=O)Nc3ccccc32)C2=C1CCC2. The molecule has 0 saturated heterocycles. The van der Waals surface area contributed by atoms with Gasteiger partial charge in [0.05, 0.1) is 11.1 Å².